The Labute approximate surface area is 125 Å². The van der Waals surface area contributed by atoms with Crippen molar-refractivity contribution in [3.05, 3.63) is 41.0 Å². The van der Waals surface area contributed by atoms with E-state index in [0.29, 0.717) is 0 Å². The van der Waals surface area contributed by atoms with Crippen LogP contribution in [0.25, 0.3) is 6.08 Å². The highest BCUT2D eigenvalue weighted by atomic mass is 14.2. The first-order valence-electron chi connectivity index (χ1n) is 8.48. The fraction of sp³-hybridized carbons (Fsp3) is 0.600. The van der Waals surface area contributed by atoms with Gasteiger partial charge < -0.3 is 0 Å². The number of hydrogen-bond donors (Lipinski definition) is 0. The molecular weight excluding hydrogens is 240 g/mol. The van der Waals surface area contributed by atoms with Crippen LogP contribution in [-0.2, 0) is 6.42 Å². The molecule has 0 saturated carbocycles. The van der Waals surface area contributed by atoms with E-state index < -0.39 is 0 Å². The van der Waals surface area contributed by atoms with E-state index in [0.717, 1.165) is 11.8 Å². The van der Waals surface area contributed by atoms with E-state index in [2.05, 4.69) is 51.1 Å². The molecule has 0 aromatic heterocycles. The average Bonchev–Trinajstić information content (AvgIpc) is 2.60. The van der Waals surface area contributed by atoms with Gasteiger partial charge in [-0.05, 0) is 49.1 Å². The van der Waals surface area contributed by atoms with Crippen molar-refractivity contribution >= 4 is 6.08 Å². The lowest BCUT2D eigenvalue weighted by Crippen LogP contribution is -2.11. The van der Waals surface area contributed by atoms with Crippen molar-refractivity contribution in [2.45, 2.75) is 65.7 Å². The quantitative estimate of drug-likeness (QED) is 0.572. The zero-order chi connectivity index (χ0) is 14.4. The second-order valence-corrected chi connectivity index (χ2v) is 6.62. The van der Waals surface area contributed by atoms with E-state index in [1.165, 1.54) is 50.5 Å². The molecule has 0 nitrogen and oxygen atoms in total. The molecule has 1 aliphatic rings. The Morgan fingerprint density at radius 2 is 1.95 bits per heavy atom. The molecule has 2 rings (SSSR count). The summed E-state index contributed by atoms with van der Waals surface area (Å²) in [5.41, 5.74) is 4.57. The van der Waals surface area contributed by atoms with Crippen LogP contribution < -0.4 is 0 Å². The number of unbranched alkanes of at least 4 members (excludes halogenated alkanes) is 1. The molecule has 0 spiro atoms. The molecule has 0 bridgehead atoms. The number of allylic oxidation sites excluding steroid dienone is 1. The van der Waals surface area contributed by atoms with Crippen molar-refractivity contribution in [3.8, 4) is 0 Å². The minimum Gasteiger partial charge on any atom is -0.0724 e. The molecule has 1 aliphatic carbocycles. The number of hydrogen-bond acceptors (Lipinski definition) is 0. The van der Waals surface area contributed by atoms with Gasteiger partial charge in [-0.25, -0.2) is 0 Å². The van der Waals surface area contributed by atoms with E-state index in [-0.39, 0.29) is 0 Å². The summed E-state index contributed by atoms with van der Waals surface area (Å²) >= 11 is 0. The van der Waals surface area contributed by atoms with Gasteiger partial charge >= 0.3 is 0 Å². The highest BCUT2D eigenvalue weighted by molar-refractivity contribution is 5.57. The first-order chi connectivity index (χ1) is 9.72. The molecule has 0 saturated heterocycles. The van der Waals surface area contributed by atoms with E-state index in [9.17, 15) is 0 Å². The molecule has 0 aliphatic heterocycles. The number of rotatable bonds is 6. The van der Waals surface area contributed by atoms with Crippen molar-refractivity contribution in [1.82, 2.24) is 0 Å². The summed E-state index contributed by atoms with van der Waals surface area (Å²) in [7, 11) is 0. The first kappa shape index (κ1) is 15.4. The van der Waals surface area contributed by atoms with Crippen LogP contribution in [-0.4, -0.2) is 0 Å². The van der Waals surface area contributed by atoms with E-state index in [4.69, 9.17) is 0 Å². The Morgan fingerprint density at radius 1 is 1.15 bits per heavy atom. The molecule has 1 aromatic carbocycles. The Morgan fingerprint density at radius 3 is 2.70 bits per heavy atom. The van der Waals surface area contributed by atoms with Gasteiger partial charge in [-0.1, -0.05) is 75.4 Å². The third-order valence-electron chi connectivity index (χ3n) is 4.79. The van der Waals surface area contributed by atoms with E-state index in [1.807, 2.05) is 0 Å². The Balaban J connectivity index is 2.05. The van der Waals surface area contributed by atoms with E-state index >= 15 is 0 Å². The molecule has 0 heteroatoms. The maximum Gasteiger partial charge on any atom is -0.0225 e. The lowest BCUT2D eigenvalue weighted by molar-refractivity contribution is 0.334. The summed E-state index contributed by atoms with van der Waals surface area (Å²) in [4.78, 5) is 0. The molecule has 1 aromatic rings. The molecule has 0 N–H and O–H groups in total. The molecule has 0 amide bonds. The summed E-state index contributed by atoms with van der Waals surface area (Å²) in [6, 6.07) is 8.96. The fourth-order valence-corrected chi connectivity index (χ4v) is 3.64. The minimum atomic E-state index is 0.844. The van der Waals surface area contributed by atoms with Gasteiger partial charge in [-0.15, -0.1) is 0 Å². The largest absolute Gasteiger partial charge is 0.0724 e. The van der Waals surface area contributed by atoms with Crippen molar-refractivity contribution in [1.29, 1.82) is 0 Å². The van der Waals surface area contributed by atoms with Crippen LogP contribution in [0.4, 0.5) is 0 Å². The predicted octanol–water partition coefficient (Wildman–Crippen LogP) is 6.26. The molecule has 2 atom stereocenters. The number of benzene rings is 1. The zero-order valence-electron chi connectivity index (χ0n) is 13.5. The topological polar surface area (TPSA) is 0 Å². The molecule has 2 unspecified atom stereocenters. The lowest BCUT2D eigenvalue weighted by atomic mass is 9.83. The van der Waals surface area contributed by atoms with Crippen LogP contribution in [0.15, 0.2) is 29.8 Å². The van der Waals surface area contributed by atoms with E-state index in [1.54, 1.807) is 11.1 Å². The molecule has 0 heterocycles. The second-order valence-electron chi connectivity index (χ2n) is 6.62. The number of fused-ring (bicyclic) bond motifs is 1. The lowest BCUT2D eigenvalue weighted by Gasteiger charge is -2.22. The zero-order valence-corrected chi connectivity index (χ0v) is 13.5. The smallest absolute Gasteiger partial charge is 0.0225 e. The summed E-state index contributed by atoms with van der Waals surface area (Å²) < 4.78 is 0. The normalized spacial score (nSPS) is 19.9. The summed E-state index contributed by atoms with van der Waals surface area (Å²) in [6.45, 7) is 6.98. The van der Waals surface area contributed by atoms with Gasteiger partial charge in [0.25, 0.3) is 0 Å². The highest BCUT2D eigenvalue weighted by Crippen LogP contribution is 2.32. The molecular formula is C20H30. The van der Waals surface area contributed by atoms with Gasteiger partial charge in [-0.3, -0.25) is 0 Å². The monoisotopic (exact) mass is 270 g/mol. The van der Waals surface area contributed by atoms with Gasteiger partial charge in [0, 0.05) is 0 Å². The first-order valence-corrected chi connectivity index (χ1v) is 8.48. The SMILES string of the molecule is CCCCC(CC)CC1CC(C)=Cc2ccccc2C1. The standard InChI is InChI=1S/C20H30/c1-4-6-9-17(5-2)14-18-12-16(3)13-19-10-7-8-11-20(19)15-18/h7-8,10-11,13,17-18H,4-6,9,12,14-15H2,1-3H3. The van der Waals surface area contributed by atoms with Gasteiger partial charge in [0.1, 0.15) is 0 Å². The summed E-state index contributed by atoms with van der Waals surface area (Å²) in [6.07, 6.45) is 11.9. The van der Waals surface area contributed by atoms with Crippen LogP contribution in [0.5, 0.6) is 0 Å². The third kappa shape index (κ3) is 4.23. The molecule has 0 radical (unpaired) electrons. The summed E-state index contributed by atoms with van der Waals surface area (Å²) in [5.74, 6) is 1.77. The summed E-state index contributed by atoms with van der Waals surface area (Å²) in [5, 5.41) is 0. The fourth-order valence-electron chi connectivity index (χ4n) is 3.64. The van der Waals surface area contributed by atoms with Gasteiger partial charge in [0.05, 0.1) is 0 Å². The molecule has 20 heavy (non-hydrogen) atoms. The highest BCUT2D eigenvalue weighted by Gasteiger charge is 2.19. The van der Waals surface area contributed by atoms with Gasteiger partial charge in [0.2, 0.25) is 0 Å². The molecule has 0 fully saturated rings. The van der Waals surface area contributed by atoms with Gasteiger partial charge in [-0.2, -0.15) is 0 Å². The third-order valence-corrected chi connectivity index (χ3v) is 4.79. The van der Waals surface area contributed by atoms with Crippen molar-refractivity contribution in [3.63, 3.8) is 0 Å². The van der Waals surface area contributed by atoms with Crippen molar-refractivity contribution in [2.24, 2.45) is 11.8 Å². The maximum atomic E-state index is 2.41. The second kappa shape index (κ2) is 7.67. The van der Waals surface area contributed by atoms with Crippen LogP contribution in [0, 0.1) is 11.8 Å². The van der Waals surface area contributed by atoms with Crippen LogP contribution >= 0.6 is 0 Å². The van der Waals surface area contributed by atoms with Crippen LogP contribution in [0.2, 0.25) is 0 Å². The minimum absolute atomic E-state index is 0.844. The Hall–Kier alpha value is -1.04. The molecule has 110 valence electrons. The Bertz CT molecular complexity index is 441. The van der Waals surface area contributed by atoms with Crippen molar-refractivity contribution < 1.29 is 0 Å². The van der Waals surface area contributed by atoms with Crippen molar-refractivity contribution in [2.75, 3.05) is 0 Å². The van der Waals surface area contributed by atoms with Crippen LogP contribution in [0.1, 0.15) is 70.4 Å². The van der Waals surface area contributed by atoms with Gasteiger partial charge in [0.15, 0.2) is 0 Å². The van der Waals surface area contributed by atoms with Crippen LogP contribution in [0.3, 0.4) is 0 Å². The maximum absolute atomic E-state index is 2.41. The average molecular weight is 270 g/mol. The predicted molar refractivity (Wildman–Crippen MR) is 89.8 cm³/mol. The Kier molecular flexibility index (Phi) is 5.88.